The van der Waals surface area contributed by atoms with Crippen molar-refractivity contribution in [2.45, 2.75) is 18.9 Å². The molecule has 0 saturated carbocycles. The Morgan fingerprint density at radius 1 is 1.32 bits per heavy atom. The Labute approximate surface area is 136 Å². The zero-order valence-corrected chi connectivity index (χ0v) is 13.4. The molecule has 5 heteroatoms. The Balaban J connectivity index is 1.50. The number of amides is 1. The van der Waals surface area contributed by atoms with Crippen LogP contribution in [0, 0.1) is 5.82 Å². The first-order valence-electron chi connectivity index (χ1n) is 7.07. The van der Waals surface area contributed by atoms with E-state index in [1.54, 1.807) is 12.1 Å². The molecule has 2 aromatic carbocycles. The minimum Gasteiger partial charge on any atom is -0.488 e. The van der Waals surface area contributed by atoms with Crippen LogP contribution in [0.4, 0.5) is 4.39 Å². The van der Waals surface area contributed by atoms with Crippen molar-refractivity contribution in [1.82, 2.24) is 5.32 Å². The van der Waals surface area contributed by atoms with Crippen molar-refractivity contribution >= 4 is 21.8 Å². The van der Waals surface area contributed by atoms with E-state index in [0.29, 0.717) is 11.0 Å². The van der Waals surface area contributed by atoms with Crippen molar-refractivity contribution in [3.05, 3.63) is 63.9 Å². The number of hydrogen-bond acceptors (Lipinski definition) is 2. The highest BCUT2D eigenvalue weighted by Gasteiger charge is 2.22. The van der Waals surface area contributed by atoms with Crippen molar-refractivity contribution in [2.24, 2.45) is 0 Å². The van der Waals surface area contributed by atoms with Crippen LogP contribution in [0.2, 0.25) is 0 Å². The van der Waals surface area contributed by atoms with Gasteiger partial charge in [0, 0.05) is 6.42 Å². The van der Waals surface area contributed by atoms with Gasteiger partial charge in [-0.25, -0.2) is 4.39 Å². The summed E-state index contributed by atoms with van der Waals surface area (Å²) in [4.78, 5) is 12.0. The molecule has 0 aliphatic carbocycles. The topological polar surface area (TPSA) is 38.3 Å². The van der Waals surface area contributed by atoms with Crippen LogP contribution in [-0.4, -0.2) is 18.6 Å². The summed E-state index contributed by atoms with van der Waals surface area (Å²) in [6, 6.07) is 12.5. The van der Waals surface area contributed by atoms with Crippen LogP contribution < -0.4 is 10.1 Å². The lowest BCUT2D eigenvalue weighted by atomic mass is 10.1. The van der Waals surface area contributed by atoms with Gasteiger partial charge in [-0.05, 0) is 45.3 Å². The molecule has 0 saturated heterocycles. The highest BCUT2D eigenvalue weighted by atomic mass is 79.9. The number of carbonyl (C=O) groups is 1. The third-order valence-electron chi connectivity index (χ3n) is 3.59. The van der Waals surface area contributed by atoms with Gasteiger partial charge in [0.25, 0.3) is 0 Å². The summed E-state index contributed by atoms with van der Waals surface area (Å²) in [6.45, 7) is 0.468. The van der Waals surface area contributed by atoms with Crippen LogP contribution in [0.15, 0.2) is 46.9 Å². The number of carbonyl (C=O) groups excluding carboxylic acids is 1. The normalized spacial score (nSPS) is 16.0. The molecule has 1 unspecified atom stereocenters. The summed E-state index contributed by atoms with van der Waals surface area (Å²) in [5, 5.41) is 2.87. The molecular formula is C17H15BrFNO2. The second-order valence-electron chi connectivity index (χ2n) is 5.28. The number of ether oxygens (including phenoxy) is 1. The summed E-state index contributed by atoms with van der Waals surface area (Å²) in [5.41, 5.74) is 1.94. The molecular weight excluding hydrogens is 349 g/mol. The Morgan fingerprint density at radius 2 is 2.14 bits per heavy atom. The van der Waals surface area contributed by atoms with Crippen molar-refractivity contribution in [3.63, 3.8) is 0 Å². The van der Waals surface area contributed by atoms with Gasteiger partial charge in [0.05, 0.1) is 17.4 Å². The third-order valence-corrected chi connectivity index (χ3v) is 4.20. The van der Waals surface area contributed by atoms with Crippen molar-refractivity contribution < 1.29 is 13.9 Å². The van der Waals surface area contributed by atoms with Gasteiger partial charge in [-0.2, -0.15) is 0 Å². The van der Waals surface area contributed by atoms with Gasteiger partial charge in [0.15, 0.2) is 0 Å². The van der Waals surface area contributed by atoms with Crippen molar-refractivity contribution in [2.75, 3.05) is 6.54 Å². The summed E-state index contributed by atoms with van der Waals surface area (Å²) < 4.78 is 19.3. The van der Waals surface area contributed by atoms with E-state index < -0.39 is 0 Å². The molecule has 0 aromatic heterocycles. The van der Waals surface area contributed by atoms with Gasteiger partial charge < -0.3 is 10.1 Å². The Kier molecular flexibility index (Phi) is 4.43. The number of hydrogen-bond donors (Lipinski definition) is 1. The average molecular weight is 364 g/mol. The molecule has 0 fully saturated rings. The van der Waals surface area contributed by atoms with Gasteiger partial charge in [-0.15, -0.1) is 0 Å². The molecule has 3 nitrogen and oxygen atoms in total. The largest absolute Gasteiger partial charge is 0.488 e. The van der Waals surface area contributed by atoms with E-state index in [2.05, 4.69) is 21.2 Å². The standard InChI is InChI=1S/C17H15BrFNO2/c18-14-7-11(5-6-15(14)19)8-17(21)20-10-13-9-12-3-1-2-4-16(12)22-13/h1-7,13H,8-10H2,(H,20,21). The van der Waals surface area contributed by atoms with Crippen LogP contribution in [0.1, 0.15) is 11.1 Å². The molecule has 0 bridgehead atoms. The van der Waals surface area contributed by atoms with Crippen LogP contribution in [0.25, 0.3) is 0 Å². The Bertz CT molecular complexity index is 680. The molecule has 114 valence electrons. The number of para-hydroxylation sites is 1. The van der Waals surface area contributed by atoms with E-state index in [1.165, 1.54) is 11.6 Å². The molecule has 1 aliphatic heterocycles. The number of benzene rings is 2. The lowest BCUT2D eigenvalue weighted by Crippen LogP contribution is -2.35. The molecule has 2 aromatic rings. The molecule has 0 radical (unpaired) electrons. The molecule has 22 heavy (non-hydrogen) atoms. The first-order valence-corrected chi connectivity index (χ1v) is 7.86. The van der Waals surface area contributed by atoms with E-state index in [-0.39, 0.29) is 24.2 Å². The zero-order chi connectivity index (χ0) is 15.5. The summed E-state index contributed by atoms with van der Waals surface area (Å²) in [5.74, 6) is 0.462. The molecule has 0 spiro atoms. The smallest absolute Gasteiger partial charge is 0.224 e. The minimum atomic E-state index is -0.332. The van der Waals surface area contributed by atoms with Gasteiger partial charge in [0.1, 0.15) is 17.7 Å². The van der Waals surface area contributed by atoms with Crippen molar-refractivity contribution in [3.8, 4) is 5.75 Å². The molecule has 1 amide bonds. The third kappa shape index (κ3) is 3.47. The summed E-state index contributed by atoms with van der Waals surface area (Å²) in [6.07, 6.45) is 0.998. The van der Waals surface area contributed by atoms with Crippen molar-refractivity contribution in [1.29, 1.82) is 0 Å². The summed E-state index contributed by atoms with van der Waals surface area (Å²) >= 11 is 3.12. The number of nitrogens with one attached hydrogen (secondary N) is 1. The average Bonchev–Trinajstić information content (AvgIpc) is 2.92. The first-order chi connectivity index (χ1) is 10.6. The lowest BCUT2D eigenvalue weighted by Gasteiger charge is -2.12. The van der Waals surface area contributed by atoms with Crippen LogP contribution in [0.3, 0.4) is 0 Å². The Hall–Kier alpha value is -1.88. The molecule has 3 rings (SSSR count). The van der Waals surface area contributed by atoms with E-state index in [1.807, 2.05) is 24.3 Å². The number of halogens is 2. The van der Waals surface area contributed by atoms with Crippen LogP contribution in [0.5, 0.6) is 5.75 Å². The van der Waals surface area contributed by atoms with Crippen LogP contribution in [-0.2, 0) is 17.6 Å². The van der Waals surface area contributed by atoms with E-state index in [0.717, 1.165) is 17.7 Å². The Morgan fingerprint density at radius 3 is 2.91 bits per heavy atom. The van der Waals surface area contributed by atoms with Gasteiger partial charge in [0.2, 0.25) is 5.91 Å². The zero-order valence-electron chi connectivity index (χ0n) is 11.8. The second-order valence-corrected chi connectivity index (χ2v) is 6.14. The molecule has 1 aliphatic rings. The van der Waals surface area contributed by atoms with E-state index >= 15 is 0 Å². The highest BCUT2D eigenvalue weighted by molar-refractivity contribution is 9.10. The van der Waals surface area contributed by atoms with Crippen LogP contribution >= 0.6 is 15.9 Å². The highest BCUT2D eigenvalue weighted by Crippen LogP contribution is 2.27. The number of rotatable bonds is 4. The minimum absolute atomic E-state index is 0.0266. The van der Waals surface area contributed by atoms with Gasteiger partial charge in [-0.1, -0.05) is 24.3 Å². The number of fused-ring (bicyclic) bond motifs is 1. The predicted octanol–water partition coefficient (Wildman–Crippen LogP) is 3.25. The molecule has 1 heterocycles. The fourth-order valence-electron chi connectivity index (χ4n) is 2.49. The van der Waals surface area contributed by atoms with Gasteiger partial charge >= 0.3 is 0 Å². The van der Waals surface area contributed by atoms with Gasteiger partial charge in [-0.3, -0.25) is 4.79 Å². The fraction of sp³-hybridized carbons (Fsp3) is 0.235. The maximum absolute atomic E-state index is 13.2. The quantitative estimate of drug-likeness (QED) is 0.905. The summed E-state index contributed by atoms with van der Waals surface area (Å²) in [7, 11) is 0. The first kappa shape index (κ1) is 15.0. The van der Waals surface area contributed by atoms with E-state index in [9.17, 15) is 9.18 Å². The maximum atomic E-state index is 13.2. The fourth-order valence-corrected chi connectivity index (χ4v) is 2.92. The predicted molar refractivity (Wildman–Crippen MR) is 85.4 cm³/mol. The molecule has 1 N–H and O–H groups in total. The SMILES string of the molecule is O=C(Cc1ccc(F)c(Br)c1)NCC1Cc2ccccc2O1. The lowest BCUT2D eigenvalue weighted by molar-refractivity contribution is -0.120. The molecule has 1 atom stereocenters. The monoisotopic (exact) mass is 363 g/mol. The second kappa shape index (κ2) is 6.48. The maximum Gasteiger partial charge on any atom is 0.224 e. The van der Waals surface area contributed by atoms with E-state index in [4.69, 9.17) is 4.74 Å².